The van der Waals surface area contributed by atoms with Gasteiger partial charge in [-0.25, -0.2) is 4.98 Å². The fourth-order valence-corrected chi connectivity index (χ4v) is 2.27. The third kappa shape index (κ3) is 2.13. The Morgan fingerprint density at radius 2 is 2.00 bits per heavy atom. The minimum atomic E-state index is -0.238. The smallest absolute Gasteiger partial charge is 0.221 e. The summed E-state index contributed by atoms with van der Waals surface area (Å²) in [4.78, 5) is 4.38. The molecule has 0 aliphatic carbocycles. The van der Waals surface area contributed by atoms with Crippen LogP contribution in [-0.4, -0.2) is 15.6 Å². The number of imidazole rings is 1. The number of hydrogen-bond acceptors (Lipinski definition) is 2. The Morgan fingerprint density at radius 3 is 2.72 bits per heavy atom. The molecule has 2 heterocycles. The molecule has 3 nitrogen and oxygen atoms in total. The van der Waals surface area contributed by atoms with Crippen molar-refractivity contribution in [2.75, 3.05) is 0 Å². The minimum absolute atomic E-state index is 0. The normalized spacial score (nSPS) is 18.0. The zero-order chi connectivity index (χ0) is 11.8. The standard InChI is InChI=1S/C13H14FN3.ClH/c14-13-12(9-4-2-1-3-5-9)16-11-8-10(15)6-7-17(11)13;/h1-5,10H,6-8,15H2;1H. The van der Waals surface area contributed by atoms with Gasteiger partial charge in [0, 0.05) is 24.6 Å². The van der Waals surface area contributed by atoms with Crippen molar-refractivity contribution < 1.29 is 4.39 Å². The van der Waals surface area contributed by atoms with Gasteiger partial charge in [-0.1, -0.05) is 30.3 Å². The topological polar surface area (TPSA) is 43.8 Å². The minimum Gasteiger partial charge on any atom is -0.327 e. The lowest BCUT2D eigenvalue weighted by molar-refractivity contribution is 0.407. The first-order valence-corrected chi connectivity index (χ1v) is 5.81. The van der Waals surface area contributed by atoms with Gasteiger partial charge in [-0.2, -0.15) is 4.39 Å². The van der Waals surface area contributed by atoms with Crippen LogP contribution in [0.4, 0.5) is 4.39 Å². The molecule has 0 bridgehead atoms. The number of hydrogen-bond donors (Lipinski definition) is 1. The maximum atomic E-state index is 14.2. The van der Waals surface area contributed by atoms with Crippen molar-refractivity contribution in [3.05, 3.63) is 42.1 Å². The zero-order valence-electron chi connectivity index (χ0n) is 9.84. The molecule has 0 radical (unpaired) electrons. The predicted octanol–water partition coefficient (Wildman–Crippen LogP) is 2.38. The second-order valence-corrected chi connectivity index (χ2v) is 4.44. The van der Waals surface area contributed by atoms with E-state index in [9.17, 15) is 4.39 Å². The van der Waals surface area contributed by atoms with Gasteiger partial charge in [0.25, 0.3) is 0 Å². The van der Waals surface area contributed by atoms with E-state index in [1.165, 1.54) is 0 Å². The van der Waals surface area contributed by atoms with E-state index in [-0.39, 0.29) is 24.4 Å². The Bertz CT molecular complexity index is 539. The van der Waals surface area contributed by atoms with E-state index in [1.54, 1.807) is 4.57 Å². The van der Waals surface area contributed by atoms with Crippen molar-refractivity contribution in [3.63, 3.8) is 0 Å². The first kappa shape index (κ1) is 13.1. The van der Waals surface area contributed by atoms with Gasteiger partial charge < -0.3 is 10.3 Å². The van der Waals surface area contributed by atoms with E-state index in [2.05, 4.69) is 4.98 Å². The highest BCUT2D eigenvalue weighted by atomic mass is 35.5. The third-order valence-corrected chi connectivity index (χ3v) is 3.20. The van der Waals surface area contributed by atoms with Crippen molar-refractivity contribution in [3.8, 4) is 11.3 Å². The molecule has 0 saturated carbocycles. The lowest BCUT2D eigenvalue weighted by Crippen LogP contribution is -2.31. The fourth-order valence-electron chi connectivity index (χ4n) is 2.27. The summed E-state index contributed by atoms with van der Waals surface area (Å²) in [7, 11) is 0. The van der Waals surface area contributed by atoms with Crippen molar-refractivity contribution in [2.24, 2.45) is 5.73 Å². The summed E-state index contributed by atoms with van der Waals surface area (Å²) >= 11 is 0. The maximum absolute atomic E-state index is 14.2. The lowest BCUT2D eigenvalue weighted by atomic mass is 10.1. The van der Waals surface area contributed by atoms with Gasteiger partial charge in [-0.15, -0.1) is 12.4 Å². The van der Waals surface area contributed by atoms with Gasteiger partial charge >= 0.3 is 0 Å². The summed E-state index contributed by atoms with van der Waals surface area (Å²) in [6.45, 7) is 0.627. The summed E-state index contributed by atoms with van der Waals surface area (Å²) in [5, 5.41) is 0. The van der Waals surface area contributed by atoms with Crippen molar-refractivity contribution >= 4 is 12.4 Å². The number of rotatable bonds is 1. The van der Waals surface area contributed by atoms with Crippen LogP contribution in [-0.2, 0) is 13.0 Å². The predicted molar refractivity (Wildman–Crippen MR) is 71.2 cm³/mol. The summed E-state index contributed by atoms with van der Waals surface area (Å²) in [5.41, 5.74) is 7.13. The highest BCUT2D eigenvalue weighted by Gasteiger charge is 2.23. The summed E-state index contributed by atoms with van der Waals surface area (Å²) in [5.74, 6) is 0.526. The Morgan fingerprint density at radius 1 is 1.28 bits per heavy atom. The van der Waals surface area contributed by atoms with Crippen molar-refractivity contribution in [2.45, 2.75) is 25.4 Å². The molecule has 0 amide bonds. The highest BCUT2D eigenvalue weighted by molar-refractivity contribution is 5.85. The van der Waals surface area contributed by atoms with E-state index in [0.29, 0.717) is 18.7 Å². The van der Waals surface area contributed by atoms with E-state index in [0.717, 1.165) is 17.8 Å². The third-order valence-electron chi connectivity index (χ3n) is 3.20. The molecule has 3 rings (SSSR count). The summed E-state index contributed by atoms with van der Waals surface area (Å²) in [6, 6.07) is 9.53. The van der Waals surface area contributed by atoms with Crippen LogP contribution in [0.25, 0.3) is 11.3 Å². The molecule has 1 aliphatic rings. The van der Waals surface area contributed by atoms with Crippen LogP contribution in [0, 0.1) is 5.95 Å². The molecule has 1 aliphatic heterocycles. The van der Waals surface area contributed by atoms with Gasteiger partial charge in [0.2, 0.25) is 5.95 Å². The van der Waals surface area contributed by atoms with Crippen LogP contribution in [0.1, 0.15) is 12.2 Å². The maximum Gasteiger partial charge on any atom is 0.221 e. The monoisotopic (exact) mass is 267 g/mol. The Kier molecular flexibility index (Phi) is 3.68. The average molecular weight is 268 g/mol. The lowest BCUT2D eigenvalue weighted by Gasteiger charge is -2.19. The first-order chi connectivity index (χ1) is 8.25. The Labute approximate surface area is 111 Å². The number of halogens is 2. The van der Waals surface area contributed by atoms with E-state index < -0.39 is 0 Å². The van der Waals surface area contributed by atoms with Crippen LogP contribution in [0.2, 0.25) is 0 Å². The molecule has 1 unspecified atom stereocenters. The first-order valence-electron chi connectivity index (χ1n) is 5.81. The average Bonchev–Trinajstić information content (AvgIpc) is 2.67. The molecule has 96 valence electrons. The number of fused-ring (bicyclic) bond motifs is 1. The molecular formula is C13H15ClFN3. The van der Waals surface area contributed by atoms with Crippen LogP contribution in [0.15, 0.2) is 30.3 Å². The van der Waals surface area contributed by atoms with Gasteiger partial charge in [-0.3, -0.25) is 0 Å². The largest absolute Gasteiger partial charge is 0.327 e. The molecule has 1 aromatic heterocycles. The van der Waals surface area contributed by atoms with Crippen LogP contribution < -0.4 is 5.73 Å². The van der Waals surface area contributed by atoms with Crippen molar-refractivity contribution in [1.82, 2.24) is 9.55 Å². The molecular weight excluding hydrogens is 253 g/mol. The summed E-state index contributed by atoms with van der Waals surface area (Å²) < 4.78 is 15.8. The van der Waals surface area contributed by atoms with Crippen LogP contribution in [0.5, 0.6) is 0 Å². The van der Waals surface area contributed by atoms with Crippen LogP contribution >= 0.6 is 12.4 Å². The molecule has 0 saturated heterocycles. The number of benzene rings is 1. The molecule has 0 spiro atoms. The second kappa shape index (κ2) is 5.08. The Hall–Kier alpha value is -1.39. The molecule has 2 aromatic rings. The highest BCUT2D eigenvalue weighted by Crippen LogP contribution is 2.25. The second-order valence-electron chi connectivity index (χ2n) is 4.44. The Balaban J connectivity index is 0.00000120. The molecule has 2 N–H and O–H groups in total. The number of nitrogens with two attached hydrogens (primary N) is 1. The quantitative estimate of drug-likeness (QED) is 0.862. The van der Waals surface area contributed by atoms with Gasteiger partial charge in [-0.05, 0) is 6.42 Å². The fraction of sp³-hybridized carbons (Fsp3) is 0.308. The van der Waals surface area contributed by atoms with Gasteiger partial charge in [0.15, 0.2) is 0 Å². The zero-order valence-corrected chi connectivity index (χ0v) is 10.7. The SMILES string of the molecule is Cl.NC1CCn2c(nc(-c3ccccc3)c2F)C1. The van der Waals surface area contributed by atoms with Crippen LogP contribution in [0.3, 0.4) is 0 Å². The molecule has 1 atom stereocenters. The molecule has 18 heavy (non-hydrogen) atoms. The van der Waals surface area contributed by atoms with E-state index >= 15 is 0 Å². The van der Waals surface area contributed by atoms with Crippen molar-refractivity contribution in [1.29, 1.82) is 0 Å². The number of nitrogens with zero attached hydrogens (tertiary/aromatic N) is 2. The van der Waals surface area contributed by atoms with Gasteiger partial charge in [0.1, 0.15) is 11.5 Å². The van der Waals surface area contributed by atoms with E-state index in [4.69, 9.17) is 5.73 Å². The van der Waals surface area contributed by atoms with E-state index in [1.807, 2.05) is 30.3 Å². The molecule has 5 heteroatoms. The van der Waals surface area contributed by atoms with Gasteiger partial charge in [0.05, 0.1) is 0 Å². The molecule has 0 fully saturated rings. The number of aromatic nitrogens is 2. The molecule has 1 aromatic carbocycles. The summed E-state index contributed by atoms with van der Waals surface area (Å²) in [6.07, 6.45) is 1.47.